The first-order chi connectivity index (χ1) is 16.0. The summed E-state index contributed by atoms with van der Waals surface area (Å²) in [5.74, 6) is 0.147. The normalized spacial score (nSPS) is 10.7. The van der Waals surface area contributed by atoms with Crippen molar-refractivity contribution in [2.45, 2.75) is 26.9 Å². The fourth-order valence-electron chi connectivity index (χ4n) is 3.57. The molecular weight excluding hydrogens is 414 g/mol. The molecular formula is C27H31N3O3. The molecule has 0 bridgehead atoms. The van der Waals surface area contributed by atoms with Gasteiger partial charge in [0.05, 0.1) is 18.4 Å². The molecule has 6 heteroatoms. The molecule has 0 spiro atoms. The minimum absolute atomic E-state index is 0.238. The van der Waals surface area contributed by atoms with E-state index >= 15 is 0 Å². The number of benzene rings is 3. The van der Waals surface area contributed by atoms with E-state index in [0.29, 0.717) is 29.1 Å². The molecule has 0 aliphatic rings. The Morgan fingerprint density at radius 1 is 0.818 bits per heavy atom. The number of anilines is 1. The first-order valence-corrected chi connectivity index (χ1v) is 11.2. The Labute approximate surface area is 195 Å². The van der Waals surface area contributed by atoms with Crippen LogP contribution in [0.1, 0.15) is 45.7 Å². The number of carbonyl (C=O) groups is 2. The lowest BCUT2D eigenvalue weighted by Crippen LogP contribution is -2.27. The second-order valence-electron chi connectivity index (χ2n) is 7.64. The van der Waals surface area contributed by atoms with Gasteiger partial charge >= 0.3 is 0 Å². The highest BCUT2D eigenvalue weighted by Gasteiger charge is 2.15. The number of carbonyl (C=O) groups excluding carboxylic acids is 2. The van der Waals surface area contributed by atoms with Crippen LogP contribution in [0.4, 0.5) is 5.69 Å². The molecule has 0 atom stereocenters. The third kappa shape index (κ3) is 6.43. The van der Waals surface area contributed by atoms with Crippen molar-refractivity contribution in [1.29, 1.82) is 0 Å². The number of ether oxygens (including phenoxy) is 1. The van der Waals surface area contributed by atoms with E-state index in [1.165, 1.54) is 5.56 Å². The summed E-state index contributed by atoms with van der Waals surface area (Å²) in [7, 11) is 1.58. The van der Waals surface area contributed by atoms with Crippen molar-refractivity contribution in [2.24, 2.45) is 0 Å². The van der Waals surface area contributed by atoms with Crippen molar-refractivity contribution in [1.82, 2.24) is 10.2 Å². The van der Waals surface area contributed by atoms with Gasteiger partial charge in [0.15, 0.2) is 0 Å². The molecule has 0 unspecified atom stereocenters. The van der Waals surface area contributed by atoms with Crippen molar-refractivity contribution in [2.75, 3.05) is 25.5 Å². The minimum Gasteiger partial charge on any atom is -0.497 e. The van der Waals surface area contributed by atoms with Gasteiger partial charge in [0, 0.05) is 18.7 Å². The molecule has 0 heterocycles. The van der Waals surface area contributed by atoms with Crippen molar-refractivity contribution >= 4 is 17.5 Å². The van der Waals surface area contributed by atoms with Gasteiger partial charge < -0.3 is 15.4 Å². The topological polar surface area (TPSA) is 70.7 Å². The molecule has 2 N–H and O–H groups in total. The fourth-order valence-corrected chi connectivity index (χ4v) is 3.57. The molecule has 3 aromatic carbocycles. The molecule has 3 aromatic rings. The van der Waals surface area contributed by atoms with Gasteiger partial charge in [0.2, 0.25) is 0 Å². The van der Waals surface area contributed by atoms with Crippen LogP contribution in [-0.4, -0.2) is 36.9 Å². The van der Waals surface area contributed by atoms with Crippen LogP contribution in [0.25, 0.3) is 0 Å². The predicted octanol–water partition coefficient (Wildman–Crippen LogP) is 4.72. The maximum Gasteiger partial charge on any atom is 0.255 e. The fraction of sp³-hybridized carbons (Fsp3) is 0.259. The lowest BCUT2D eigenvalue weighted by Gasteiger charge is -2.20. The molecule has 0 aromatic heterocycles. The van der Waals surface area contributed by atoms with Crippen molar-refractivity contribution in [3.05, 3.63) is 95.1 Å². The lowest BCUT2D eigenvalue weighted by molar-refractivity contribution is 0.0951. The number of hydrogen-bond donors (Lipinski definition) is 2. The van der Waals surface area contributed by atoms with Crippen LogP contribution >= 0.6 is 0 Å². The minimum atomic E-state index is -0.289. The van der Waals surface area contributed by atoms with Gasteiger partial charge in [-0.3, -0.25) is 14.5 Å². The molecule has 33 heavy (non-hydrogen) atoms. The van der Waals surface area contributed by atoms with Gasteiger partial charge in [-0.15, -0.1) is 0 Å². The third-order valence-electron chi connectivity index (χ3n) is 5.62. The summed E-state index contributed by atoms with van der Waals surface area (Å²) in [6.07, 6.45) is 0. The summed E-state index contributed by atoms with van der Waals surface area (Å²) in [6.45, 7) is 7.48. The Hall–Kier alpha value is -3.64. The molecule has 2 amide bonds. The Bertz CT molecular complexity index is 1080. The maximum atomic E-state index is 13.0. The van der Waals surface area contributed by atoms with Crippen LogP contribution in [0, 0.1) is 0 Å². The summed E-state index contributed by atoms with van der Waals surface area (Å²) in [4.78, 5) is 28.0. The van der Waals surface area contributed by atoms with Crippen molar-refractivity contribution in [3.8, 4) is 5.75 Å². The Kier molecular flexibility index (Phi) is 8.61. The molecule has 0 aliphatic heterocycles. The predicted molar refractivity (Wildman–Crippen MR) is 132 cm³/mol. The van der Waals surface area contributed by atoms with Crippen LogP contribution in [0.5, 0.6) is 5.75 Å². The monoisotopic (exact) mass is 445 g/mol. The molecule has 3 rings (SSSR count). The number of amides is 2. The SMILES string of the molecule is CCN(CC)Cc1ccccc1CNC(=O)c1ccccc1NC(=O)c1ccc(OC)cc1. The third-order valence-corrected chi connectivity index (χ3v) is 5.62. The second-order valence-corrected chi connectivity index (χ2v) is 7.64. The summed E-state index contributed by atoms with van der Waals surface area (Å²) < 4.78 is 5.14. The van der Waals surface area contributed by atoms with E-state index in [2.05, 4.69) is 35.4 Å². The van der Waals surface area contributed by atoms with Gasteiger partial charge in [-0.1, -0.05) is 50.2 Å². The standard InChI is InChI=1S/C27H31N3O3/c1-4-30(5-2)19-22-11-7-6-10-21(22)18-28-27(32)24-12-8-9-13-25(24)29-26(31)20-14-16-23(33-3)17-15-20/h6-17H,4-5,18-19H2,1-3H3,(H,28,32)(H,29,31). The summed E-state index contributed by atoms with van der Waals surface area (Å²) in [6, 6.07) is 22.0. The van der Waals surface area contributed by atoms with Crippen LogP contribution in [0.15, 0.2) is 72.8 Å². The highest BCUT2D eigenvalue weighted by atomic mass is 16.5. The van der Waals surface area contributed by atoms with E-state index < -0.39 is 0 Å². The molecule has 6 nitrogen and oxygen atoms in total. The first kappa shape index (κ1) is 24.0. The molecule has 0 saturated carbocycles. The van der Waals surface area contributed by atoms with Crippen molar-refractivity contribution in [3.63, 3.8) is 0 Å². The van der Waals surface area contributed by atoms with E-state index in [0.717, 1.165) is 25.2 Å². The Morgan fingerprint density at radius 2 is 1.45 bits per heavy atom. The zero-order chi connectivity index (χ0) is 23.6. The second kappa shape index (κ2) is 11.8. The van der Waals surface area contributed by atoms with E-state index in [1.54, 1.807) is 55.6 Å². The zero-order valence-corrected chi connectivity index (χ0v) is 19.4. The van der Waals surface area contributed by atoms with Gasteiger partial charge in [0.1, 0.15) is 5.75 Å². The highest BCUT2D eigenvalue weighted by molar-refractivity contribution is 6.09. The van der Waals surface area contributed by atoms with E-state index in [4.69, 9.17) is 4.74 Å². The molecule has 0 radical (unpaired) electrons. The average Bonchev–Trinajstić information content (AvgIpc) is 2.86. The highest BCUT2D eigenvalue weighted by Crippen LogP contribution is 2.18. The largest absolute Gasteiger partial charge is 0.497 e. The summed E-state index contributed by atoms with van der Waals surface area (Å²) in [5.41, 5.74) is 3.64. The van der Waals surface area contributed by atoms with Crippen molar-refractivity contribution < 1.29 is 14.3 Å². The number of para-hydroxylation sites is 1. The molecule has 0 aliphatic carbocycles. The number of methoxy groups -OCH3 is 1. The number of rotatable bonds is 10. The summed E-state index contributed by atoms with van der Waals surface area (Å²) >= 11 is 0. The van der Waals surface area contributed by atoms with Gasteiger partial charge in [-0.05, 0) is 60.6 Å². The quantitative estimate of drug-likeness (QED) is 0.474. The Balaban J connectivity index is 1.70. The molecule has 172 valence electrons. The number of nitrogens with zero attached hydrogens (tertiary/aromatic N) is 1. The number of hydrogen-bond acceptors (Lipinski definition) is 4. The average molecular weight is 446 g/mol. The van der Waals surface area contributed by atoms with Crippen LogP contribution in [0.2, 0.25) is 0 Å². The van der Waals surface area contributed by atoms with Gasteiger partial charge in [-0.25, -0.2) is 0 Å². The van der Waals surface area contributed by atoms with E-state index in [-0.39, 0.29) is 11.8 Å². The smallest absolute Gasteiger partial charge is 0.255 e. The molecule has 0 saturated heterocycles. The first-order valence-electron chi connectivity index (χ1n) is 11.2. The van der Waals surface area contributed by atoms with Gasteiger partial charge in [-0.2, -0.15) is 0 Å². The molecule has 0 fully saturated rings. The lowest BCUT2D eigenvalue weighted by atomic mass is 10.1. The van der Waals surface area contributed by atoms with E-state index in [9.17, 15) is 9.59 Å². The van der Waals surface area contributed by atoms with Gasteiger partial charge in [0.25, 0.3) is 11.8 Å². The van der Waals surface area contributed by atoms with Crippen LogP contribution in [-0.2, 0) is 13.1 Å². The van der Waals surface area contributed by atoms with E-state index in [1.807, 2.05) is 18.2 Å². The number of nitrogens with one attached hydrogen (secondary N) is 2. The van der Waals surface area contributed by atoms with Crippen LogP contribution in [0.3, 0.4) is 0 Å². The maximum absolute atomic E-state index is 13.0. The zero-order valence-electron chi connectivity index (χ0n) is 19.4. The Morgan fingerprint density at radius 3 is 2.12 bits per heavy atom. The summed E-state index contributed by atoms with van der Waals surface area (Å²) in [5, 5.41) is 5.86. The van der Waals surface area contributed by atoms with Crippen LogP contribution < -0.4 is 15.4 Å².